The normalized spacial score (nSPS) is 28.8. The average Bonchev–Trinajstić information content (AvgIpc) is 3.32. The van der Waals surface area contributed by atoms with Gasteiger partial charge < -0.3 is 4.74 Å². The topological polar surface area (TPSA) is 63.7 Å². The Morgan fingerprint density at radius 3 is 2.44 bits per heavy atom. The molecule has 0 spiro atoms. The largest absolute Gasteiger partial charge is 0.468 e. The van der Waals surface area contributed by atoms with Crippen molar-refractivity contribution in [3.8, 4) is 0 Å². The van der Waals surface area contributed by atoms with Gasteiger partial charge in [0.05, 0.1) is 20.1 Å². The molecule has 1 aliphatic heterocycles. The first-order valence-corrected chi connectivity index (χ1v) is 14.4. The Kier molecular flexibility index (Phi) is 5.16. The van der Waals surface area contributed by atoms with Gasteiger partial charge in [0, 0.05) is 12.0 Å². The summed E-state index contributed by atoms with van der Waals surface area (Å²) in [5, 5.41) is 0. The quantitative estimate of drug-likeness (QED) is 0.554. The van der Waals surface area contributed by atoms with E-state index in [1.165, 1.54) is 11.4 Å². The van der Waals surface area contributed by atoms with Crippen molar-refractivity contribution in [3.63, 3.8) is 0 Å². The number of hydrogen-bond donors (Lipinski definition) is 0. The number of methoxy groups -OCH3 is 1. The summed E-state index contributed by atoms with van der Waals surface area (Å²) in [7, 11) is -3.84. The maximum Gasteiger partial charge on any atom is 0.324 e. The van der Waals surface area contributed by atoms with Gasteiger partial charge in [-0.1, -0.05) is 49.1 Å². The van der Waals surface area contributed by atoms with Gasteiger partial charge in [-0.25, -0.2) is 8.42 Å². The summed E-state index contributed by atoms with van der Waals surface area (Å²) in [6.45, 7) is 9.05. The average molecular weight is 408 g/mol. The minimum absolute atomic E-state index is 0.136. The molecule has 1 heterocycles. The number of carbonyl (C=O) groups is 1. The molecule has 1 aromatic rings. The minimum atomic E-state index is -3.77. The van der Waals surface area contributed by atoms with Crippen molar-refractivity contribution in [1.29, 1.82) is 0 Å². The first-order valence-electron chi connectivity index (χ1n) is 9.35. The molecular formula is C20H29NO4SSi. The van der Waals surface area contributed by atoms with Crippen molar-refractivity contribution < 1.29 is 17.9 Å². The van der Waals surface area contributed by atoms with Gasteiger partial charge in [-0.2, -0.15) is 4.31 Å². The van der Waals surface area contributed by atoms with Crippen LogP contribution < -0.4 is 0 Å². The van der Waals surface area contributed by atoms with Crippen LogP contribution in [0.25, 0.3) is 0 Å². The van der Waals surface area contributed by atoms with E-state index in [-0.39, 0.29) is 10.3 Å². The third-order valence-corrected chi connectivity index (χ3v) is 8.64. The maximum absolute atomic E-state index is 13.3. The smallest absolute Gasteiger partial charge is 0.324 e. The first kappa shape index (κ1) is 20.3. The van der Waals surface area contributed by atoms with Crippen LogP contribution >= 0.6 is 0 Å². The van der Waals surface area contributed by atoms with Crippen molar-refractivity contribution in [1.82, 2.24) is 4.31 Å². The van der Waals surface area contributed by atoms with E-state index in [1.54, 1.807) is 24.3 Å². The fourth-order valence-electron chi connectivity index (χ4n) is 3.82. The molecule has 7 heteroatoms. The van der Waals surface area contributed by atoms with Crippen molar-refractivity contribution in [2.24, 2.45) is 11.3 Å². The number of nitrogens with zero attached hydrogens (tertiary/aromatic N) is 1. The summed E-state index contributed by atoms with van der Waals surface area (Å²) in [5.74, 6) is -0.126. The number of rotatable bonds is 5. The molecule has 2 fully saturated rings. The number of carbonyl (C=O) groups excluding carboxylic acids is 1. The van der Waals surface area contributed by atoms with E-state index in [0.717, 1.165) is 12.0 Å². The van der Waals surface area contributed by atoms with Crippen LogP contribution in [0.5, 0.6) is 0 Å². The van der Waals surface area contributed by atoms with Gasteiger partial charge in [0.15, 0.2) is 0 Å². The number of benzene rings is 1. The fraction of sp³-hybridized carbons (Fsp3) is 0.550. The lowest BCUT2D eigenvalue weighted by Crippen LogP contribution is -2.51. The first-order chi connectivity index (χ1) is 12.5. The number of esters is 1. The van der Waals surface area contributed by atoms with Crippen LogP contribution in [-0.2, 0) is 19.6 Å². The standard InChI is InChI=1S/C20H29NO4SSi/c1-15-6-8-17(9-7-15)26(23,24)21-14-20(10-11-27(3,4)5)13-16(20)12-18(21)19(22)25-2/h6-11,16,18H,12-14H2,1-5H3/b11-10+. The second-order valence-corrected chi connectivity index (χ2v) is 15.9. The lowest BCUT2D eigenvalue weighted by atomic mass is 9.94. The molecule has 2 aliphatic rings. The molecule has 3 rings (SSSR count). The predicted octanol–water partition coefficient (Wildman–Crippen LogP) is 3.37. The third kappa shape index (κ3) is 4.05. The Hall–Kier alpha value is -1.44. The van der Waals surface area contributed by atoms with Crippen LogP contribution in [0.2, 0.25) is 19.6 Å². The van der Waals surface area contributed by atoms with E-state index in [1.807, 2.05) is 6.92 Å². The highest BCUT2D eigenvalue weighted by Gasteiger charge is 2.61. The molecule has 1 saturated heterocycles. The van der Waals surface area contributed by atoms with Gasteiger partial charge in [0.1, 0.15) is 6.04 Å². The Morgan fingerprint density at radius 1 is 1.26 bits per heavy atom. The van der Waals surface area contributed by atoms with Crippen LogP contribution in [-0.4, -0.2) is 46.5 Å². The van der Waals surface area contributed by atoms with Gasteiger partial charge in [0.2, 0.25) is 10.0 Å². The van der Waals surface area contributed by atoms with E-state index in [9.17, 15) is 13.2 Å². The number of piperidine rings is 1. The molecule has 3 atom stereocenters. The monoisotopic (exact) mass is 407 g/mol. The summed E-state index contributed by atoms with van der Waals surface area (Å²) in [5.41, 5.74) is 3.15. The van der Waals surface area contributed by atoms with Gasteiger partial charge in [0.25, 0.3) is 0 Å². The lowest BCUT2D eigenvalue weighted by Gasteiger charge is -2.36. The van der Waals surface area contributed by atoms with Gasteiger partial charge in [-0.05, 0) is 37.8 Å². The highest BCUT2D eigenvalue weighted by Crippen LogP contribution is 2.60. The van der Waals surface area contributed by atoms with Gasteiger partial charge in [-0.3, -0.25) is 4.79 Å². The second kappa shape index (κ2) is 6.86. The molecule has 0 aromatic heterocycles. The van der Waals surface area contributed by atoms with Crippen LogP contribution in [0.1, 0.15) is 18.4 Å². The zero-order valence-corrected chi connectivity index (χ0v) is 18.5. The zero-order valence-electron chi connectivity index (χ0n) is 16.7. The Balaban J connectivity index is 1.97. The number of sulfonamides is 1. The predicted molar refractivity (Wildman–Crippen MR) is 109 cm³/mol. The Bertz CT molecular complexity index is 857. The summed E-state index contributed by atoms with van der Waals surface area (Å²) in [6, 6.07) is 6.04. The summed E-state index contributed by atoms with van der Waals surface area (Å²) >= 11 is 0. The molecule has 0 radical (unpaired) electrons. The number of hydrogen-bond acceptors (Lipinski definition) is 4. The summed E-state index contributed by atoms with van der Waals surface area (Å²) in [6.07, 6.45) is 3.68. The van der Waals surface area contributed by atoms with E-state index in [0.29, 0.717) is 18.9 Å². The van der Waals surface area contributed by atoms with Crippen LogP contribution in [0.15, 0.2) is 40.9 Å². The molecule has 3 unspecified atom stereocenters. The summed E-state index contributed by atoms with van der Waals surface area (Å²) < 4.78 is 33.0. The van der Waals surface area contributed by atoms with Crippen LogP contribution in [0.4, 0.5) is 0 Å². The molecule has 0 amide bonds. The Labute approximate surface area is 163 Å². The van der Waals surface area contributed by atoms with Crippen molar-refractivity contribution in [2.45, 2.75) is 50.3 Å². The SMILES string of the molecule is COC(=O)C1CC2CC2(/C=C/[Si](C)(C)C)CN1S(=O)(=O)c1ccc(C)cc1. The van der Waals surface area contributed by atoms with E-state index >= 15 is 0 Å². The molecule has 5 nitrogen and oxygen atoms in total. The molecule has 0 N–H and O–H groups in total. The highest BCUT2D eigenvalue weighted by molar-refractivity contribution is 7.89. The zero-order chi connectivity index (χ0) is 20.0. The summed E-state index contributed by atoms with van der Waals surface area (Å²) in [4.78, 5) is 12.6. The molecule has 27 heavy (non-hydrogen) atoms. The van der Waals surface area contributed by atoms with Crippen LogP contribution in [0, 0.1) is 18.3 Å². The van der Waals surface area contributed by atoms with E-state index < -0.39 is 30.1 Å². The molecular weight excluding hydrogens is 378 g/mol. The minimum Gasteiger partial charge on any atom is -0.468 e. The fourth-order valence-corrected chi connectivity index (χ4v) is 6.32. The molecule has 1 saturated carbocycles. The number of fused-ring (bicyclic) bond motifs is 1. The van der Waals surface area contributed by atoms with Gasteiger partial charge in [-0.15, -0.1) is 0 Å². The molecule has 1 aromatic carbocycles. The van der Waals surface area contributed by atoms with Gasteiger partial charge >= 0.3 is 5.97 Å². The second-order valence-electron chi connectivity index (χ2n) is 8.97. The van der Waals surface area contributed by atoms with E-state index in [2.05, 4.69) is 31.4 Å². The maximum atomic E-state index is 13.3. The van der Waals surface area contributed by atoms with Crippen molar-refractivity contribution >= 4 is 24.1 Å². The highest BCUT2D eigenvalue weighted by atomic mass is 32.2. The van der Waals surface area contributed by atoms with Crippen LogP contribution in [0.3, 0.4) is 0 Å². The number of ether oxygens (including phenoxy) is 1. The lowest BCUT2D eigenvalue weighted by molar-refractivity contribution is -0.146. The third-order valence-electron chi connectivity index (χ3n) is 5.60. The molecule has 0 bridgehead atoms. The van der Waals surface area contributed by atoms with Crippen molar-refractivity contribution in [2.75, 3.05) is 13.7 Å². The van der Waals surface area contributed by atoms with E-state index in [4.69, 9.17) is 4.74 Å². The molecule has 148 valence electrons. The molecule has 1 aliphatic carbocycles. The Morgan fingerprint density at radius 2 is 1.89 bits per heavy atom. The number of aryl methyl sites for hydroxylation is 1. The van der Waals surface area contributed by atoms with Crippen molar-refractivity contribution in [3.05, 3.63) is 41.6 Å².